The van der Waals surface area contributed by atoms with Crippen LogP contribution in [0, 0.1) is 12.8 Å². The minimum absolute atomic E-state index is 0.118. The Kier molecular flexibility index (Phi) is 2.83. The molecule has 1 fully saturated rings. The predicted octanol–water partition coefficient (Wildman–Crippen LogP) is 0.889. The zero-order valence-corrected chi connectivity index (χ0v) is 9.44. The second-order valence-electron chi connectivity index (χ2n) is 4.37. The van der Waals surface area contributed by atoms with Crippen molar-refractivity contribution in [3.8, 4) is 0 Å². The smallest absolute Gasteiger partial charge is 0.227 e. The maximum Gasteiger partial charge on any atom is 0.227 e. The maximum absolute atomic E-state index is 11.8. The van der Waals surface area contributed by atoms with Gasteiger partial charge in [0.1, 0.15) is 0 Å². The Morgan fingerprint density at radius 2 is 2.25 bits per heavy atom. The molecule has 0 saturated carbocycles. The molecule has 0 aromatic heterocycles. The lowest BCUT2D eigenvalue weighted by Crippen LogP contribution is -2.26. The number of carbonyl (C=O) groups is 1. The van der Waals surface area contributed by atoms with Gasteiger partial charge >= 0.3 is 0 Å². The highest BCUT2D eigenvalue weighted by Crippen LogP contribution is 2.30. The number of nitrogens with two attached hydrogens (primary N) is 2. The molecular weight excluding hydrogens is 202 g/mol. The molecule has 0 spiro atoms. The van der Waals surface area contributed by atoms with E-state index in [0.29, 0.717) is 25.2 Å². The number of benzene rings is 1. The van der Waals surface area contributed by atoms with E-state index in [1.165, 1.54) is 0 Å². The van der Waals surface area contributed by atoms with Gasteiger partial charge in [0.2, 0.25) is 5.91 Å². The Morgan fingerprint density at radius 1 is 1.50 bits per heavy atom. The summed E-state index contributed by atoms with van der Waals surface area (Å²) in [5.74, 6) is 0.375. The summed E-state index contributed by atoms with van der Waals surface area (Å²) in [5.41, 5.74) is 14.1. The topological polar surface area (TPSA) is 72.3 Å². The summed E-state index contributed by atoms with van der Waals surface area (Å²) in [6.07, 6.45) is 0.532. The number of rotatable bonds is 2. The van der Waals surface area contributed by atoms with Gasteiger partial charge in [-0.2, -0.15) is 0 Å². The molecule has 0 aliphatic carbocycles. The van der Waals surface area contributed by atoms with Crippen LogP contribution < -0.4 is 16.4 Å². The fourth-order valence-corrected chi connectivity index (χ4v) is 2.06. The summed E-state index contributed by atoms with van der Waals surface area (Å²) in [4.78, 5) is 13.6. The van der Waals surface area contributed by atoms with Crippen LogP contribution in [-0.4, -0.2) is 19.0 Å². The van der Waals surface area contributed by atoms with Crippen LogP contribution in [0.15, 0.2) is 18.2 Å². The quantitative estimate of drug-likeness (QED) is 0.725. The number of nitrogens with zero attached hydrogens (tertiary/aromatic N) is 1. The standard InChI is InChI=1S/C12H17N3O/c1-8-2-3-10(14)11(4-8)15-7-9(6-13)5-12(15)16/h2-4,9H,5-7,13-14H2,1H3. The molecule has 1 aromatic carbocycles. The molecule has 16 heavy (non-hydrogen) atoms. The highest BCUT2D eigenvalue weighted by molar-refractivity contribution is 5.98. The van der Waals surface area contributed by atoms with Gasteiger partial charge in [-0.05, 0) is 37.1 Å². The third kappa shape index (κ3) is 1.88. The van der Waals surface area contributed by atoms with Crippen molar-refractivity contribution in [2.24, 2.45) is 11.7 Å². The third-order valence-electron chi connectivity index (χ3n) is 3.02. The van der Waals surface area contributed by atoms with Gasteiger partial charge < -0.3 is 16.4 Å². The SMILES string of the molecule is Cc1ccc(N)c(N2CC(CN)CC2=O)c1. The van der Waals surface area contributed by atoms with E-state index in [9.17, 15) is 4.79 Å². The van der Waals surface area contributed by atoms with Gasteiger partial charge in [-0.1, -0.05) is 6.07 Å². The molecular formula is C12H17N3O. The molecule has 4 N–H and O–H groups in total. The molecule has 4 nitrogen and oxygen atoms in total. The summed E-state index contributed by atoms with van der Waals surface area (Å²) in [7, 11) is 0. The van der Waals surface area contributed by atoms with E-state index in [-0.39, 0.29) is 11.8 Å². The number of hydrogen-bond donors (Lipinski definition) is 2. The second-order valence-corrected chi connectivity index (χ2v) is 4.37. The van der Waals surface area contributed by atoms with E-state index in [4.69, 9.17) is 11.5 Å². The van der Waals surface area contributed by atoms with E-state index < -0.39 is 0 Å². The van der Waals surface area contributed by atoms with Gasteiger partial charge in [-0.25, -0.2) is 0 Å². The lowest BCUT2D eigenvalue weighted by Gasteiger charge is -2.19. The van der Waals surface area contributed by atoms with Crippen LogP contribution in [0.2, 0.25) is 0 Å². The predicted molar refractivity (Wildman–Crippen MR) is 65.1 cm³/mol. The molecule has 0 bridgehead atoms. The highest BCUT2D eigenvalue weighted by Gasteiger charge is 2.30. The van der Waals surface area contributed by atoms with E-state index in [0.717, 1.165) is 11.3 Å². The molecule has 0 radical (unpaired) electrons. The van der Waals surface area contributed by atoms with Gasteiger partial charge in [0.15, 0.2) is 0 Å². The molecule has 1 heterocycles. The fraction of sp³-hybridized carbons (Fsp3) is 0.417. The van der Waals surface area contributed by atoms with E-state index in [1.807, 2.05) is 25.1 Å². The zero-order chi connectivity index (χ0) is 11.7. The molecule has 1 aliphatic heterocycles. The minimum atomic E-state index is 0.118. The normalized spacial score (nSPS) is 20.5. The summed E-state index contributed by atoms with van der Waals surface area (Å²) in [5, 5.41) is 0. The molecule has 1 unspecified atom stereocenters. The van der Waals surface area contributed by atoms with Crippen molar-refractivity contribution in [2.45, 2.75) is 13.3 Å². The van der Waals surface area contributed by atoms with Crippen molar-refractivity contribution in [1.82, 2.24) is 0 Å². The number of hydrogen-bond acceptors (Lipinski definition) is 3. The first-order valence-corrected chi connectivity index (χ1v) is 5.48. The average Bonchev–Trinajstić information content (AvgIpc) is 2.63. The Labute approximate surface area is 95.2 Å². The first-order chi connectivity index (χ1) is 7.61. The van der Waals surface area contributed by atoms with Crippen molar-refractivity contribution in [3.63, 3.8) is 0 Å². The fourth-order valence-electron chi connectivity index (χ4n) is 2.06. The van der Waals surface area contributed by atoms with Crippen molar-refractivity contribution in [3.05, 3.63) is 23.8 Å². The first-order valence-electron chi connectivity index (χ1n) is 5.48. The van der Waals surface area contributed by atoms with Crippen LogP contribution in [0.5, 0.6) is 0 Å². The van der Waals surface area contributed by atoms with Crippen LogP contribution in [0.3, 0.4) is 0 Å². The maximum atomic E-state index is 11.8. The number of amides is 1. The number of carbonyl (C=O) groups excluding carboxylic acids is 1. The van der Waals surface area contributed by atoms with E-state index >= 15 is 0 Å². The first kappa shape index (κ1) is 11.0. The number of anilines is 2. The van der Waals surface area contributed by atoms with Crippen LogP contribution in [0.4, 0.5) is 11.4 Å². The molecule has 1 aromatic rings. The molecule has 1 amide bonds. The van der Waals surface area contributed by atoms with Crippen LogP contribution in [-0.2, 0) is 4.79 Å². The Balaban J connectivity index is 2.30. The summed E-state index contributed by atoms with van der Waals surface area (Å²) in [6, 6.07) is 5.74. The Bertz CT molecular complexity index is 417. The molecule has 1 aliphatic rings. The highest BCUT2D eigenvalue weighted by atomic mass is 16.2. The summed E-state index contributed by atoms with van der Waals surface area (Å²) in [6.45, 7) is 3.22. The van der Waals surface area contributed by atoms with Crippen molar-refractivity contribution < 1.29 is 4.79 Å². The summed E-state index contributed by atoms with van der Waals surface area (Å²) < 4.78 is 0. The number of aryl methyl sites for hydroxylation is 1. The molecule has 1 atom stereocenters. The lowest BCUT2D eigenvalue weighted by molar-refractivity contribution is -0.117. The monoisotopic (exact) mass is 219 g/mol. The minimum Gasteiger partial charge on any atom is -0.397 e. The second kappa shape index (κ2) is 4.14. The Morgan fingerprint density at radius 3 is 2.88 bits per heavy atom. The third-order valence-corrected chi connectivity index (χ3v) is 3.02. The summed E-state index contributed by atoms with van der Waals surface area (Å²) >= 11 is 0. The lowest BCUT2D eigenvalue weighted by atomic mass is 10.1. The molecule has 4 heteroatoms. The van der Waals surface area contributed by atoms with Crippen molar-refractivity contribution in [2.75, 3.05) is 23.7 Å². The van der Waals surface area contributed by atoms with Crippen molar-refractivity contribution >= 4 is 17.3 Å². The van der Waals surface area contributed by atoms with Crippen molar-refractivity contribution in [1.29, 1.82) is 0 Å². The molecule has 86 valence electrons. The van der Waals surface area contributed by atoms with E-state index in [1.54, 1.807) is 4.90 Å². The molecule has 2 rings (SSSR count). The van der Waals surface area contributed by atoms with Gasteiger partial charge in [0, 0.05) is 13.0 Å². The Hall–Kier alpha value is -1.55. The van der Waals surface area contributed by atoms with Gasteiger partial charge in [0.05, 0.1) is 11.4 Å². The zero-order valence-electron chi connectivity index (χ0n) is 9.44. The van der Waals surface area contributed by atoms with Gasteiger partial charge in [-0.15, -0.1) is 0 Å². The molecule has 1 saturated heterocycles. The van der Waals surface area contributed by atoms with Crippen LogP contribution >= 0.6 is 0 Å². The largest absolute Gasteiger partial charge is 0.397 e. The average molecular weight is 219 g/mol. The number of nitrogen functional groups attached to an aromatic ring is 1. The van der Waals surface area contributed by atoms with Crippen LogP contribution in [0.25, 0.3) is 0 Å². The van der Waals surface area contributed by atoms with Gasteiger partial charge in [-0.3, -0.25) is 4.79 Å². The van der Waals surface area contributed by atoms with Gasteiger partial charge in [0.25, 0.3) is 0 Å². The van der Waals surface area contributed by atoms with Crippen LogP contribution in [0.1, 0.15) is 12.0 Å². The van der Waals surface area contributed by atoms with E-state index in [2.05, 4.69) is 0 Å².